The van der Waals surface area contributed by atoms with Gasteiger partial charge >= 0.3 is 18.2 Å². The van der Waals surface area contributed by atoms with E-state index in [4.69, 9.17) is 0 Å². The van der Waals surface area contributed by atoms with Crippen LogP contribution in [0.25, 0.3) is 0 Å². The first kappa shape index (κ1) is 18.4. The molecule has 1 heterocycles. The Bertz CT molecular complexity index is 665. The number of carbonyl (C=O) groups excluding carboxylic acids is 3. The Labute approximate surface area is 140 Å². The predicted octanol–water partition coefficient (Wildman–Crippen LogP) is 1.02. The molecule has 0 bridgehead atoms. The Hall–Kier alpha value is -2.98. The molecule has 1 aliphatic rings. The van der Waals surface area contributed by atoms with E-state index < -0.39 is 31.2 Å². The molecular weight excluding hydrogens is 343 g/mol. The zero-order valence-electron chi connectivity index (χ0n) is 12.9. The lowest BCUT2D eigenvalue weighted by Gasteiger charge is -2.15. The van der Waals surface area contributed by atoms with Crippen molar-refractivity contribution in [3.63, 3.8) is 0 Å². The summed E-state index contributed by atoms with van der Waals surface area (Å²) in [6.45, 7) is -1.05. The minimum absolute atomic E-state index is 0.247. The van der Waals surface area contributed by atoms with E-state index in [1.807, 2.05) is 0 Å². The highest BCUT2D eigenvalue weighted by molar-refractivity contribution is 5.96. The molecule has 0 radical (unpaired) electrons. The number of hydrogen-bond donors (Lipinski definition) is 4. The number of benzene rings is 1. The molecule has 1 aromatic rings. The number of alkyl halides is 3. The third-order valence-corrected chi connectivity index (χ3v) is 3.17. The van der Waals surface area contributed by atoms with Crippen LogP contribution >= 0.6 is 0 Å². The summed E-state index contributed by atoms with van der Waals surface area (Å²) in [6.07, 6.45) is -4.51. The van der Waals surface area contributed by atoms with Crippen molar-refractivity contribution in [2.45, 2.75) is 6.18 Å². The van der Waals surface area contributed by atoms with Gasteiger partial charge < -0.3 is 21.3 Å². The van der Waals surface area contributed by atoms with Crippen molar-refractivity contribution in [3.8, 4) is 0 Å². The van der Waals surface area contributed by atoms with Crippen LogP contribution in [0.5, 0.6) is 0 Å². The maximum Gasteiger partial charge on any atom is 0.405 e. The second-order valence-electron chi connectivity index (χ2n) is 5.13. The van der Waals surface area contributed by atoms with Crippen molar-refractivity contribution in [1.82, 2.24) is 16.0 Å². The Balaban J connectivity index is 1.82. The molecule has 1 aromatic carbocycles. The van der Waals surface area contributed by atoms with Crippen LogP contribution in [0.15, 0.2) is 24.3 Å². The Morgan fingerprint density at radius 2 is 2.00 bits per heavy atom. The summed E-state index contributed by atoms with van der Waals surface area (Å²) in [7, 11) is 0. The maximum atomic E-state index is 11.9. The number of nitrogens with one attached hydrogen (secondary N) is 4. The Morgan fingerprint density at radius 1 is 1.24 bits per heavy atom. The first-order valence-corrected chi connectivity index (χ1v) is 7.28. The Kier molecular flexibility index (Phi) is 5.67. The van der Waals surface area contributed by atoms with Crippen molar-refractivity contribution in [2.75, 3.05) is 36.4 Å². The number of halogens is 3. The molecule has 0 atom stereocenters. The first-order chi connectivity index (χ1) is 11.7. The topological polar surface area (TPSA) is 103 Å². The fourth-order valence-electron chi connectivity index (χ4n) is 2.07. The lowest BCUT2D eigenvalue weighted by atomic mass is 10.2. The standard InChI is InChI=1S/C14H16F3N5O3/c15-14(16,17)8-20-11(23)7-19-12(24)21-9-2-1-3-10(6-9)22-5-4-18-13(22)25/h1-3,6H,4-5,7-8H2,(H,18,25)(H,20,23)(H2,19,21,24). The molecule has 1 aliphatic heterocycles. The van der Waals surface area contributed by atoms with Gasteiger partial charge in [-0.15, -0.1) is 0 Å². The summed E-state index contributed by atoms with van der Waals surface area (Å²) in [5.74, 6) is -0.963. The maximum absolute atomic E-state index is 11.9. The SMILES string of the molecule is O=C(CNC(=O)Nc1cccc(N2CCNC2=O)c1)NCC(F)(F)F. The number of anilines is 2. The highest BCUT2D eigenvalue weighted by Gasteiger charge is 2.27. The normalized spacial score (nSPS) is 14.0. The summed E-state index contributed by atoms with van der Waals surface area (Å²) in [6, 6.07) is 5.45. The van der Waals surface area contributed by atoms with Gasteiger partial charge in [-0.05, 0) is 18.2 Å². The summed E-state index contributed by atoms with van der Waals surface area (Å²) in [5.41, 5.74) is 0.945. The van der Waals surface area contributed by atoms with Gasteiger partial charge in [-0.25, -0.2) is 9.59 Å². The van der Waals surface area contributed by atoms with E-state index in [0.29, 0.717) is 24.5 Å². The number of urea groups is 2. The Morgan fingerprint density at radius 3 is 2.64 bits per heavy atom. The number of amides is 5. The van der Waals surface area contributed by atoms with Crippen molar-refractivity contribution in [2.24, 2.45) is 0 Å². The third-order valence-electron chi connectivity index (χ3n) is 3.17. The molecule has 11 heteroatoms. The first-order valence-electron chi connectivity index (χ1n) is 7.28. The molecule has 0 aromatic heterocycles. The van der Waals surface area contributed by atoms with Crippen LogP contribution in [-0.4, -0.2) is 50.3 Å². The molecule has 0 unspecified atom stereocenters. The third kappa shape index (κ3) is 5.86. The molecule has 0 saturated carbocycles. The summed E-state index contributed by atoms with van der Waals surface area (Å²) >= 11 is 0. The van der Waals surface area contributed by atoms with Crippen LogP contribution < -0.4 is 26.2 Å². The van der Waals surface area contributed by atoms with Crippen LogP contribution in [0.4, 0.5) is 34.1 Å². The van der Waals surface area contributed by atoms with Gasteiger partial charge in [0, 0.05) is 24.5 Å². The number of nitrogens with zero attached hydrogens (tertiary/aromatic N) is 1. The highest BCUT2D eigenvalue weighted by atomic mass is 19.4. The van der Waals surface area contributed by atoms with Crippen molar-refractivity contribution < 1.29 is 27.6 Å². The quantitative estimate of drug-likeness (QED) is 0.631. The van der Waals surface area contributed by atoms with E-state index in [1.54, 1.807) is 29.6 Å². The molecule has 136 valence electrons. The molecule has 4 N–H and O–H groups in total. The minimum atomic E-state index is -4.51. The van der Waals surface area contributed by atoms with Gasteiger partial charge in [0.05, 0.1) is 6.54 Å². The van der Waals surface area contributed by atoms with Gasteiger partial charge in [-0.2, -0.15) is 13.2 Å². The van der Waals surface area contributed by atoms with E-state index in [9.17, 15) is 27.6 Å². The molecule has 1 saturated heterocycles. The predicted molar refractivity (Wildman–Crippen MR) is 83.3 cm³/mol. The molecule has 5 amide bonds. The van der Waals surface area contributed by atoms with Gasteiger partial charge in [0.25, 0.3) is 0 Å². The monoisotopic (exact) mass is 359 g/mol. The van der Waals surface area contributed by atoms with Crippen LogP contribution in [0.3, 0.4) is 0 Å². The zero-order valence-corrected chi connectivity index (χ0v) is 12.9. The van der Waals surface area contributed by atoms with Crippen LogP contribution in [0.2, 0.25) is 0 Å². The van der Waals surface area contributed by atoms with E-state index in [-0.39, 0.29) is 6.03 Å². The van der Waals surface area contributed by atoms with Gasteiger partial charge in [-0.3, -0.25) is 9.69 Å². The van der Waals surface area contributed by atoms with E-state index in [2.05, 4.69) is 16.0 Å². The zero-order chi connectivity index (χ0) is 18.4. The van der Waals surface area contributed by atoms with Crippen molar-refractivity contribution >= 4 is 29.3 Å². The van der Waals surface area contributed by atoms with Crippen LogP contribution in [0, 0.1) is 0 Å². The molecule has 0 aliphatic carbocycles. The lowest BCUT2D eigenvalue weighted by Crippen LogP contribution is -2.42. The summed E-state index contributed by atoms with van der Waals surface area (Å²) < 4.78 is 35.8. The second kappa shape index (κ2) is 7.73. The summed E-state index contributed by atoms with van der Waals surface area (Å²) in [5, 5.41) is 8.86. The fourth-order valence-corrected chi connectivity index (χ4v) is 2.07. The van der Waals surface area contributed by atoms with E-state index in [0.717, 1.165) is 0 Å². The van der Waals surface area contributed by atoms with Crippen molar-refractivity contribution in [1.29, 1.82) is 0 Å². The van der Waals surface area contributed by atoms with E-state index in [1.165, 1.54) is 4.90 Å². The van der Waals surface area contributed by atoms with Crippen LogP contribution in [0.1, 0.15) is 0 Å². The molecule has 2 rings (SSSR count). The fraction of sp³-hybridized carbons (Fsp3) is 0.357. The highest BCUT2D eigenvalue weighted by Crippen LogP contribution is 2.20. The molecule has 8 nitrogen and oxygen atoms in total. The average molecular weight is 359 g/mol. The van der Waals surface area contributed by atoms with Gasteiger partial charge in [-0.1, -0.05) is 6.07 Å². The molecule has 1 fully saturated rings. The van der Waals surface area contributed by atoms with Gasteiger partial charge in [0.2, 0.25) is 5.91 Å². The average Bonchev–Trinajstić information content (AvgIpc) is 2.96. The van der Waals surface area contributed by atoms with E-state index >= 15 is 0 Å². The van der Waals surface area contributed by atoms with Crippen LogP contribution in [-0.2, 0) is 4.79 Å². The van der Waals surface area contributed by atoms with Gasteiger partial charge in [0.15, 0.2) is 0 Å². The smallest absolute Gasteiger partial charge is 0.345 e. The second-order valence-corrected chi connectivity index (χ2v) is 5.13. The van der Waals surface area contributed by atoms with Gasteiger partial charge in [0.1, 0.15) is 6.54 Å². The largest absolute Gasteiger partial charge is 0.405 e. The number of carbonyl (C=O) groups is 3. The van der Waals surface area contributed by atoms with Crippen molar-refractivity contribution in [3.05, 3.63) is 24.3 Å². The molecule has 0 spiro atoms. The minimum Gasteiger partial charge on any atom is -0.345 e. The lowest BCUT2D eigenvalue weighted by molar-refractivity contribution is -0.137. The molecule has 25 heavy (non-hydrogen) atoms. The summed E-state index contributed by atoms with van der Waals surface area (Å²) in [4.78, 5) is 36.0. The number of hydrogen-bond acceptors (Lipinski definition) is 3. The number of rotatable bonds is 5. The molecular formula is C14H16F3N5O3.